The molecular formula is C18H16NO7PS-2. The van der Waals surface area contributed by atoms with Gasteiger partial charge in [-0.15, -0.1) is 0 Å². The number of aromatic nitrogens is 1. The first-order valence-corrected chi connectivity index (χ1v) is 10.2. The lowest BCUT2D eigenvalue weighted by Gasteiger charge is -2.28. The molecule has 0 N–H and O–H groups in total. The zero-order valence-corrected chi connectivity index (χ0v) is 16.9. The highest BCUT2D eigenvalue weighted by Gasteiger charge is 2.18. The van der Waals surface area contributed by atoms with Gasteiger partial charge in [0, 0.05) is 16.5 Å². The van der Waals surface area contributed by atoms with E-state index < -0.39 is 7.82 Å². The van der Waals surface area contributed by atoms with Crippen molar-refractivity contribution in [3.05, 3.63) is 41.8 Å². The number of methoxy groups -OCH3 is 3. The fraction of sp³-hybridized carbons (Fsp3) is 0.167. The number of benzene rings is 2. The lowest BCUT2D eigenvalue weighted by Crippen LogP contribution is -2.18. The molecule has 0 spiro atoms. The van der Waals surface area contributed by atoms with Crippen LogP contribution in [0.2, 0.25) is 0 Å². The number of phosphoric ester groups is 1. The van der Waals surface area contributed by atoms with Gasteiger partial charge < -0.3 is 33.1 Å². The van der Waals surface area contributed by atoms with Gasteiger partial charge in [0.15, 0.2) is 11.5 Å². The molecule has 3 rings (SSSR count). The van der Waals surface area contributed by atoms with Crippen LogP contribution in [0.1, 0.15) is 0 Å². The van der Waals surface area contributed by atoms with Crippen LogP contribution >= 0.6 is 19.4 Å². The second-order valence-corrected chi connectivity index (χ2v) is 7.26. The summed E-state index contributed by atoms with van der Waals surface area (Å²) >= 11 is 1.27. The van der Waals surface area contributed by atoms with Crippen molar-refractivity contribution in [2.75, 3.05) is 21.3 Å². The molecule has 0 aliphatic heterocycles. The average Bonchev–Trinajstić information content (AvgIpc) is 3.15. The Hall–Kier alpha value is -2.58. The van der Waals surface area contributed by atoms with Gasteiger partial charge in [-0.05, 0) is 41.4 Å². The van der Waals surface area contributed by atoms with Gasteiger partial charge in [0.05, 0.1) is 27.0 Å². The fourth-order valence-corrected chi connectivity index (χ4v) is 3.79. The molecule has 2 aromatic carbocycles. The van der Waals surface area contributed by atoms with Gasteiger partial charge in [-0.2, -0.15) is 4.37 Å². The summed E-state index contributed by atoms with van der Waals surface area (Å²) in [4.78, 5) is 21.5. The van der Waals surface area contributed by atoms with E-state index in [4.69, 9.17) is 14.2 Å². The first-order valence-electron chi connectivity index (χ1n) is 7.93. The normalized spacial score (nSPS) is 11.2. The molecule has 0 radical (unpaired) electrons. The number of nitrogens with zero attached hydrogens (tertiary/aromatic N) is 1. The monoisotopic (exact) mass is 421 g/mol. The zero-order chi connectivity index (χ0) is 20.3. The molecule has 0 aliphatic carbocycles. The van der Waals surface area contributed by atoms with E-state index >= 15 is 0 Å². The molecule has 28 heavy (non-hydrogen) atoms. The van der Waals surface area contributed by atoms with E-state index in [0.717, 1.165) is 16.7 Å². The van der Waals surface area contributed by atoms with Crippen molar-refractivity contribution in [2.45, 2.75) is 0 Å². The van der Waals surface area contributed by atoms with Crippen molar-refractivity contribution in [3.8, 4) is 45.4 Å². The Kier molecular flexibility index (Phi) is 5.90. The lowest BCUT2D eigenvalue weighted by atomic mass is 10.0. The zero-order valence-electron chi connectivity index (χ0n) is 15.2. The first-order chi connectivity index (χ1) is 13.4. The number of hydrogen-bond acceptors (Lipinski definition) is 9. The molecule has 0 aliphatic rings. The molecule has 8 nitrogen and oxygen atoms in total. The van der Waals surface area contributed by atoms with Crippen LogP contribution in [0, 0.1) is 0 Å². The number of ether oxygens (including phenoxy) is 3. The summed E-state index contributed by atoms with van der Waals surface area (Å²) in [6.07, 6.45) is 0. The third-order valence-electron chi connectivity index (χ3n) is 3.89. The molecule has 3 aromatic rings. The van der Waals surface area contributed by atoms with Crippen molar-refractivity contribution < 1.29 is 33.1 Å². The maximum absolute atomic E-state index is 10.7. The molecule has 0 bridgehead atoms. The quantitative estimate of drug-likeness (QED) is 0.535. The van der Waals surface area contributed by atoms with Crippen LogP contribution < -0.4 is 28.5 Å². The van der Waals surface area contributed by atoms with Crippen LogP contribution in [0.4, 0.5) is 0 Å². The van der Waals surface area contributed by atoms with Gasteiger partial charge in [-0.25, -0.2) is 0 Å². The third-order valence-corrected chi connectivity index (χ3v) is 4.95. The Morgan fingerprint density at radius 3 is 2.04 bits per heavy atom. The van der Waals surface area contributed by atoms with E-state index in [-0.39, 0.29) is 5.75 Å². The van der Waals surface area contributed by atoms with Gasteiger partial charge in [-0.3, -0.25) is 0 Å². The number of rotatable bonds is 7. The van der Waals surface area contributed by atoms with Gasteiger partial charge in [0.2, 0.25) is 5.75 Å². The molecule has 148 valence electrons. The molecule has 0 atom stereocenters. The summed E-state index contributed by atoms with van der Waals surface area (Å²) in [6.45, 7) is 0. The van der Waals surface area contributed by atoms with Crippen molar-refractivity contribution in [1.29, 1.82) is 0 Å². The Bertz CT molecular complexity index is 988. The van der Waals surface area contributed by atoms with Crippen molar-refractivity contribution in [3.63, 3.8) is 0 Å². The van der Waals surface area contributed by atoms with Crippen molar-refractivity contribution in [2.24, 2.45) is 0 Å². The van der Waals surface area contributed by atoms with Crippen LogP contribution in [-0.4, -0.2) is 25.7 Å². The second kappa shape index (κ2) is 8.20. The predicted octanol–water partition coefficient (Wildman–Crippen LogP) is 2.71. The van der Waals surface area contributed by atoms with Crippen LogP contribution in [0.3, 0.4) is 0 Å². The summed E-state index contributed by atoms with van der Waals surface area (Å²) in [5.41, 5.74) is 3.04. The van der Waals surface area contributed by atoms with Crippen LogP contribution in [-0.2, 0) is 4.57 Å². The maximum Gasteiger partial charge on any atom is 0.203 e. The SMILES string of the molecule is COc1cc(-c2nscc2-c2ccc(OP(=O)([O-])[O-])cc2)cc(OC)c1OC. The topological polar surface area (TPSA) is 113 Å². The highest BCUT2D eigenvalue weighted by molar-refractivity contribution is 7.43. The summed E-state index contributed by atoms with van der Waals surface area (Å²) in [6, 6.07) is 9.71. The molecule has 1 heterocycles. The van der Waals surface area contributed by atoms with Crippen molar-refractivity contribution in [1.82, 2.24) is 4.37 Å². The van der Waals surface area contributed by atoms with E-state index in [2.05, 4.69) is 8.90 Å². The third kappa shape index (κ3) is 4.28. The van der Waals surface area contributed by atoms with Crippen LogP contribution in [0.15, 0.2) is 41.8 Å². The van der Waals surface area contributed by atoms with Crippen molar-refractivity contribution >= 4 is 19.4 Å². The van der Waals surface area contributed by atoms with Gasteiger partial charge in [-0.1, -0.05) is 12.1 Å². The summed E-state index contributed by atoms with van der Waals surface area (Å²) in [7, 11) is -0.499. The molecule has 0 saturated heterocycles. The minimum Gasteiger partial charge on any atom is -0.780 e. The molecule has 1 aromatic heterocycles. The average molecular weight is 421 g/mol. The Labute approximate surface area is 165 Å². The number of hydrogen-bond donors (Lipinski definition) is 0. The van der Waals surface area contributed by atoms with E-state index in [0.29, 0.717) is 22.9 Å². The maximum atomic E-state index is 10.7. The molecule has 0 unspecified atom stereocenters. The number of phosphoric acid groups is 1. The molecule has 0 saturated carbocycles. The predicted molar refractivity (Wildman–Crippen MR) is 101 cm³/mol. The fourth-order valence-electron chi connectivity index (χ4n) is 2.69. The van der Waals surface area contributed by atoms with Crippen LogP contribution in [0.5, 0.6) is 23.0 Å². The highest BCUT2D eigenvalue weighted by Crippen LogP contribution is 2.43. The Balaban J connectivity index is 2.02. The molecule has 0 amide bonds. The summed E-state index contributed by atoms with van der Waals surface area (Å²) in [5.74, 6) is 1.43. The van der Waals surface area contributed by atoms with Crippen LogP contribution in [0.25, 0.3) is 22.4 Å². The minimum atomic E-state index is -5.10. The highest BCUT2D eigenvalue weighted by atomic mass is 32.1. The second-order valence-electron chi connectivity index (χ2n) is 5.55. The molecule has 10 heteroatoms. The Morgan fingerprint density at radius 1 is 0.929 bits per heavy atom. The Morgan fingerprint density at radius 2 is 1.54 bits per heavy atom. The van der Waals surface area contributed by atoms with Gasteiger partial charge in [0.1, 0.15) is 13.6 Å². The first kappa shape index (κ1) is 20.2. The lowest BCUT2D eigenvalue weighted by molar-refractivity contribution is -0.333. The van der Waals surface area contributed by atoms with E-state index in [9.17, 15) is 14.4 Å². The van der Waals surface area contributed by atoms with E-state index in [1.54, 1.807) is 24.3 Å². The standard InChI is InChI=1S/C18H18NO7PS/c1-23-15-8-12(9-16(24-2)18(15)25-3)17-14(10-28-19-17)11-4-6-13(7-5-11)26-27(20,21)22/h4-10H,1-3H3,(H2,20,21,22)/p-2. The van der Waals surface area contributed by atoms with E-state index in [1.165, 1.54) is 45.0 Å². The summed E-state index contributed by atoms with van der Waals surface area (Å²) in [5, 5.41) is 1.86. The summed E-state index contributed by atoms with van der Waals surface area (Å²) < 4.78 is 35.7. The molecular weight excluding hydrogens is 405 g/mol. The largest absolute Gasteiger partial charge is 0.780 e. The van der Waals surface area contributed by atoms with E-state index in [1.807, 2.05) is 5.38 Å². The van der Waals surface area contributed by atoms with Gasteiger partial charge in [0.25, 0.3) is 0 Å². The molecule has 0 fully saturated rings. The van der Waals surface area contributed by atoms with Gasteiger partial charge >= 0.3 is 0 Å². The minimum absolute atomic E-state index is 0.0467. The smallest absolute Gasteiger partial charge is 0.203 e.